The van der Waals surface area contributed by atoms with Crippen LogP contribution >= 0.6 is 0 Å². The Labute approximate surface area is 144 Å². The predicted octanol–water partition coefficient (Wildman–Crippen LogP) is 4.92. The zero-order valence-electron chi connectivity index (χ0n) is 14.8. The minimum atomic E-state index is 0.168. The first-order valence-electron chi connectivity index (χ1n) is 8.96. The Bertz CT molecular complexity index is 646. The summed E-state index contributed by atoms with van der Waals surface area (Å²) in [5, 5.41) is 3.47. The van der Waals surface area contributed by atoms with Crippen LogP contribution in [0.4, 0.5) is 5.95 Å². The van der Waals surface area contributed by atoms with Crippen LogP contribution in [-0.4, -0.2) is 22.1 Å². The van der Waals surface area contributed by atoms with Gasteiger partial charge >= 0.3 is 0 Å². The standard InChI is InChI=1S/C20H27N3O/c1-14(2)24-19-6-4-5-16(11-19)17-12-21-20(22-13-17)23-18-9-7-15(3)8-10-18/h4-6,11-15,18H,7-10H2,1-3H3,(H,21,22,23)/t15-,18-. The van der Waals surface area contributed by atoms with Gasteiger partial charge in [0.2, 0.25) is 5.95 Å². The normalized spacial score (nSPS) is 20.8. The van der Waals surface area contributed by atoms with Crippen LogP contribution in [0.3, 0.4) is 0 Å². The van der Waals surface area contributed by atoms with Crippen LogP contribution in [0.2, 0.25) is 0 Å². The fourth-order valence-electron chi connectivity index (χ4n) is 3.16. The first-order valence-corrected chi connectivity index (χ1v) is 8.96. The molecular weight excluding hydrogens is 298 g/mol. The van der Waals surface area contributed by atoms with Crippen LogP contribution < -0.4 is 10.1 Å². The average Bonchev–Trinajstić information content (AvgIpc) is 2.57. The third-order valence-electron chi connectivity index (χ3n) is 4.54. The average molecular weight is 325 g/mol. The van der Waals surface area contributed by atoms with Crippen molar-refractivity contribution in [2.24, 2.45) is 5.92 Å². The highest BCUT2D eigenvalue weighted by atomic mass is 16.5. The molecule has 1 N–H and O–H groups in total. The lowest BCUT2D eigenvalue weighted by atomic mass is 9.87. The van der Waals surface area contributed by atoms with E-state index in [9.17, 15) is 0 Å². The molecule has 0 radical (unpaired) electrons. The summed E-state index contributed by atoms with van der Waals surface area (Å²) < 4.78 is 5.76. The first kappa shape index (κ1) is 16.7. The molecule has 0 atom stereocenters. The third-order valence-corrected chi connectivity index (χ3v) is 4.54. The Morgan fingerprint density at radius 2 is 1.75 bits per heavy atom. The quantitative estimate of drug-likeness (QED) is 0.847. The summed E-state index contributed by atoms with van der Waals surface area (Å²) in [6, 6.07) is 8.58. The van der Waals surface area contributed by atoms with Crippen molar-refractivity contribution in [2.45, 2.75) is 58.6 Å². The summed E-state index contributed by atoms with van der Waals surface area (Å²) >= 11 is 0. The van der Waals surface area contributed by atoms with Crippen molar-refractivity contribution >= 4 is 5.95 Å². The number of benzene rings is 1. The molecule has 4 nitrogen and oxygen atoms in total. The fourth-order valence-corrected chi connectivity index (χ4v) is 3.16. The third kappa shape index (κ3) is 4.47. The number of nitrogens with one attached hydrogen (secondary N) is 1. The largest absolute Gasteiger partial charge is 0.491 e. The van der Waals surface area contributed by atoms with Crippen molar-refractivity contribution in [3.63, 3.8) is 0 Å². The van der Waals surface area contributed by atoms with Crippen LogP contribution in [0.25, 0.3) is 11.1 Å². The van der Waals surface area contributed by atoms with Crippen LogP contribution in [0.5, 0.6) is 5.75 Å². The second-order valence-electron chi connectivity index (χ2n) is 7.09. The van der Waals surface area contributed by atoms with Gasteiger partial charge in [-0.1, -0.05) is 19.1 Å². The molecule has 2 aromatic rings. The lowest BCUT2D eigenvalue weighted by Gasteiger charge is -2.26. The number of hydrogen-bond donors (Lipinski definition) is 1. The molecule has 0 spiro atoms. The van der Waals surface area contributed by atoms with Crippen molar-refractivity contribution in [1.29, 1.82) is 0 Å². The highest BCUT2D eigenvalue weighted by molar-refractivity contribution is 5.63. The summed E-state index contributed by atoms with van der Waals surface area (Å²) in [7, 11) is 0. The molecule has 1 aliphatic rings. The van der Waals surface area contributed by atoms with E-state index < -0.39 is 0 Å². The molecule has 3 rings (SSSR count). The van der Waals surface area contributed by atoms with Gasteiger partial charge in [0, 0.05) is 24.0 Å². The number of aromatic nitrogens is 2. The predicted molar refractivity (Wildman–Crippen MR) is 98.3 cm³/mol. The molecule has 1 aromatic carbocycles. The Morgan fingerprint density at radius 3 is 2.42 bits per heavy atom. The van der Waals surface area contributed by atoms with Crippen molar-refractivity contribution in [1.82, 2.24) is 9.97 Å². The van der Waals surface area contributed by atoms with E-state index in [4.69, 9.17) is 4.74 Å². The van der Waals surface area contributed by atoms with E-state index in [0.29, 0.717) is 6.04 Å². The molecule has 24 heavy (non-hydrogen) atoms. The molecule has 4 heteroatoms. The first-order chi connectivity index (χ1) is 11.6. The monoisotopic (exact) mass is 325 g/mol. The molecule has 1 aromatic heterocycles. The minimum absolute atomic E-state index is 0.168. The van der Waals surface area contributed by atoms with E-state index >= 15 is 0 Å². The molecule has 0 aliphatic heterocycles. The fraction of sp³-hybridized carbons (Fsp3) is 0.500. The molecule has 1 fully saturated rings. The van der Waals surface area contributed by atoms with Crippen molar-refractivity contribution in [3.05, 3.63) is 36.7 Å². The van der Waals surface area contributed by atoms with Gasteiger partial charge in [-0.2, -0.15) is 0 Å². The van der Waals surface area contributed by atoms with Crippen LogP contribution in [-0.2, 0) is 0 Å². The van der Waals surface area contributed by atoms with Gasteiger partial charge in [0.15, 0.2) is 0 Å². The van der Waals surface area contributed by atoms with Gasteiger partial charge < -0.3 is 10.1 Å². The number of anilines is 1. The molecule has 1 saturated carbocycles. The smallest absolute Gasteiger partial charge is 0.222 e. The Hall–Kier alpha value is -2.10. The van der Waals surface area contributed by atoms with Gasteiger partial charge in [-0.05, 0) is 63.1 Å². The summed E-state index contributed by atoms with van der Waals surface area (Å²) in [5.41, 5.74) is 2.08. The maximum atomic E-state index is 5.76. The lowest BCUT2D eigenvalue weighted by molar-refractivity contribution is 0.242. The van der Waals surface area contributed by atoms with Gasteiger partial charge in [-0.3, -0.25) is 0 Å². The van der Waals surface area contributed by atoms with E-state index in [1.165, 1.54) is 25.7 Å². The SMILES string of the molecule is CC(C)Oc1cccc(-c2cnc(N[C@H]3CC[C@H](C)CC3)nc2)c1. The molecule has 1 aliphatic carbocycles. The van der Waals surface area contributed by atoms with Crippen LogP contribution in [0.1, 0.15) is 46.5 Å². The summed E-state index contributed by atoms with van der Waals surface area (Å²) in [5.74, 6) is 2.46. The maximum absolute atomic E-state index is 5.76. The number of nitrogens with zero attached hydrogens (tertiary/aromatic N) is 2. The second kappa shape index (κ2) is 7.65. The van der Waals surface area contributed by atoms with Crippen molar-refractivity contribution in [3.8, 4) is 16.9 Å². The Morgan fingerprint density at radius 1 is 1.04 bits per heavy atom. The number of hydrogen-bond acceptors (Lipinski definition) is 4. The minimum Gasteiger partial charge on any atom is -0.491 e. The number of rotatable bonds is 5. The van der Waals surface area contributed by atoms with Gasteiger partial charge in [0.1, 0.15) is 5.75 Å². The number of ether oxygens (including phenoxy) is 1. The van der Waals surface area contributed by atoms with Crippen LogP contribution in [0, 0.1) is 5.92 Å². The van der Waals surface area contributed by atoms with E-state index in [0.717, 1.165) is 28.7 Å². The molecular formula is C20H27N3O. The van der Waals surface area contributed by atoms with Crippen molar-refractivity contribution < 1.29 is 4.74 Å². The zero-order chi connectivity index (χ0) is 16.9. The van der Waals surface area contributed by atoms with Gasteiger partial charge in [-0.25, -0.2) is 9.97 Å². The van der Waals surface area contributed by atoms with Crippen molar-refractivity contribution in [2.75, 3.05) is 5.32 Å². The maximum Gasteiger partial charge on any atom is 0.222 e. The summed E-state index contributed by atoms with van der Waals surface area (Å²) in [4.78, 5) is 8.99. The van der Waals surface area contributed by atoms with Crippen LogP contribution in [0.15, 0.2) is 36.7 Å². The van der Waals surface area contributed by atoms with E-state index in [2.05, 4.69) is 28.3 Å². The van der Waals surface area contributed by atoms with Gasteiger partial charge in [-0.15, -0.1) is 0 Å². The van der Waals surface area contributed by atoms with E-state index in [-0.39, 0.29) is 6.10 Å². The Kier molecular flexibility index (Phi) is 5.34. The van der Waals surface area contributed by atoms with Gasteiger partial charge in [0.25, 0.3) is 0 Å². The van der Waals surface area contributed by atoms with Gasteiger partial charge in [0.05, 0.1) is 6.10 Å². The Balaban J connectivity index is 1.66. The molecule has 0 unspecified atom stereocenters. The highest BCUT2D eigenvalue weighted by Crippen LogP contribution is 2.26. The topological polar surface area (TPSA) is 47.0 Å². The highest BCUT2D eigenvalue weighted by Gasteiger charge is 2.18. The molecule has 128 valence electrons. The summed E-state index contributed by atoms with van der Waals surface area (Å²) in [6.45, 7) is 6.39. The second-order valence-corrected chi connectivity index (χ2v) is 7.09. The molecule has 0 saturated heterocycles. The lowest BCUT2D eigenvalue weighted by Crippen LogP contribution is -2.26. The summed E-state index contributed by atoms with van der Waals surface area (Å²) in [6.07, 6.45) is 8.93. The zero-order valence-corrected chi connectivity index (χ0v) is 14.8. The van der Waals surface area contributed by atoms with E-state index in [1.54, 1.807) is 0 Å². The molecule has 0 amide bonds. The van der Waals surface area contributed by atoms with E-state index in [1.807, 2.05) is 44.4 Å². The molecule has 0 bridgehead atoms. The molecule has 1 heterocycles.